The molecule has 0 aromatic heterocycles. The predicted octanol–water partition coefficient (Wildman–Crippen LogP) is 17.3. The van der Waals surface area contributed by atoms with Gasteiger partial charge in [-0.2, -0.15) is 0 Å². The summed E-state index contributed by atoms with van der Waals surface area (Å²) in [6.45, 7) is 55.4. The van der Waals surface area contributed by atoms with Crippen molar-refractivity contribution < 1.29 is 13.6 Å². The predicted molar refractivity (Wildman–Crippen MR) is 270 cm³/mol. The van der Waals surface area contributed by atoms with Gasteiger partial charge in [0.25, 0.3) is 0 Å². The van der Waals surface area contributed by atoms with Gasteiger partial charge in [0.1, 0.15) is 17.2 Å². The summed E-state index contributed by atoms with van der Waals surface area (Å²) in [5, 5.41) is 0. The quantitative estimate of drug-likeness (QED) is 0.191. The summed E-state index contributed by atoms with van der Waals surface area (Å²) in [6.07, 6.45) is 1.42. The Balaban J connectivity index is 1.88. The molecule has 0 radical (unpaired) electrons. The molecule has 4 heteroatoms. The van der Waals surface area contributed by atoms with Crippen molar-refractivity contribution in [2.75, 3.05) is 0 Å². The fourth-order valence-corrected chi connectivity index (χ4v) is 9.33. The van der Waals surface area contributed by atoms with E-state index in [0.717, 1.165) is 29.2 Å². The second-order valence-electron chi connectivity index (χ2n) is 26.8. The summed E-state index contributed by atoms with van der Waals surface area (Å²) in [5.41, 5.74) is 14.1. The molecule has 0 saturated heterocycles. The summed E-state index contributed by atoms with van der Waals surface area (Å²) >= 11 is 0. The average Bonchev–Trinajstić information content (AvgIpc) is 3.05. The minimum absolute atomic E-state index is 0.00105. The van der Waals surface area contributed by atoms with Crippen LogP contribution in [0.2, 0.25) is 0 Å². The van der Waals surface area contributed by atoms with Crippen molar-refractivity contribution in [1.29, 1.82) is 0 Å². The van der Waals surface area contributed by atoms with Crippen molar-refractivity contribution >= 4 is 8.60 Å². The number of hydrogen-bond acceptors (Lipinski definition) is 3. The molecule has 0 aliphatic carbocycles. The molecule has 0 amide bonds. The van der Waals surface area contributed by atoms with Crippen molar-refractivity contribution in [1.82, 2.24) is 0 Å². The van der Waals surface area contributed by atoms with Crippen LogP contribution in [0.1, 0.15) is 233 Å². The number of benzene rings is 4. The highest BCUT2D eigenvalue weighted by molar-refractivity contribution is 7.43. The summed E-state index contributed by atoms with van der Waals surface area (Å²) in [6, 6.07) is 21.6. The molecule has 3 nitrogen and oxygen atoms in total. The first-order chi connectivity index (χ1) is 27.7. The maximum absolute atomic E-state index is 7.58. The lowest BCUT2D eigenvalue weighted by Gasteiger charge is -2.35. The zero-order valence-electron chi connectivity index (χ0n) is 43.8. The van der Waals surface area contributed by atoms with Crippen LogP contribution in [-0.4, -0.2) is 0 Å². The molecule has 0 fully saturated rings. The Labute approximate surface area is 381 Å². The largest absolute Gasteiger partial charge is 0.530 e. The SMILES string of the molecule is CC(C)(C)c1cc(Cc2cc(C(C)(C)C)cc(C(C)(C)C)c2OP2Oc3c(cc(C(C)(C)C)cc3C(C)(C)C)Cc3cc(C(C)(C)C)cc(C(C)(C)C)c3O2)cc(C(C)(C)C)c1. The lowest BCUT2D eigenvalue weighted by atomic mass is 9.76. The van der Waals surface area contributed by atoms with E-state index in [-0.39, 0.29) is 43.3 Å². The highest BCUT2D eigenvalue weighted by atomic mass is 31.2. The molecule has 0 atom stereocenters. The molecule has 5 rings (SSSR count). The Morgan fingerprint density at radius 2 is 0.710 bits per heavy atom. The number of fused-ring (bicyclic) bond motifs is 2. The maximum Gasteiger partial charge on any atom is 0.530 e. The molecule has 0 unspecified atom stereocenters. The third-order valence-electron chi connectivity index (χ3n) is 12.5. The van der Waals surface area contributed by atoms with Gasteiger partial charge >= 0.3 is 8.60 Å². The monoisotopic (exact) mass is 861 g/mol. The van der Waals surface area contributed by atoms with Crippen molar-refractivity contribution in [2.45, 2.75) is 222 Å². The second-order valence-corrected chi connectivity index (χ2v) is 27.8. The molecule has 1 aliphatic rings. The molecule has 62 heavy (non-hydrogen) atoms. The van der Waals surface area contributed by atoms with Crippen LogP contribution in [-0.2, 0) is 56.2 Å². The molecule has 1 aliphatic heterocycles. The van der Waals surface area contributed by atoms with Crippen molar-refractivity contribution in [3.05, 3.63) is 121 Å². The summed E-state index contributed by atoms with van der Waals surface area (Å²) in [5.74, 6) is 2.64. The van der Waals surface area contributed by atoms with E-state index in [1.807, 2.05) is 0 Å². The van der Waals surface area contributed by atoms with E-state index in [4.69, 9.17) is 13.6 Å². The minimum Gasteiger partial charge on any atom is -0.408 e. The smallest absolute Gasteiger partial charge is 0.408 e. The Morgan fingerprint density at radius 3 is 1.05 bits per heavy atom. The normalized spacial score (nSPS) is 15.0. The van der Waals surface area contributed by atoms with Crippen LogP contribution >= 0.6 is 8.60 Å². The van der Waals surface area contributed by atoms with E-state index in [1.54, 1.807) is 0 Å². The minimum atomic E-state index is -2.01. The molecular formula is C58H85O3P. The van der Waals surface area contributed by atoms with E-state index in [1.165, 1.54) is 61.2 Å². The summed E-state index contributed by atoms with van der Waals surface area (Å²) < 4.78 is 22.4. The number of rotatable bonds is 4. The summed E-state index contributed by atoms with van der Waals surface area (Å²) in [4.78, 5) is 0. The fourth-order valence-electron chi connectivity index (χ4n) is 8.12. The molecule has 0 saturated carbocycles. The van der Waals surface area contributed by atoms with E-state index >= 15 is 0 Å². The highest BCUT2D eigenvalue weighted by Gasteiger charge is 2.38. The van der Waals surface area contributed by atoms with Gasteiger partial charge in [-0.25, -0.2) is 0 Å². The zero-order valence-corrected chi connectivity index (χ0v) is 44.7. The molecule has 4 aromatic rings. The van der Waals surface area contributed by atoms with Gasteiger partial charge in [-0.15, -0.1) is 0 Å². The van der Waals surface area contributed by atoms with Crippen LogP contribution in [0.3, 0.4) is 0 Å². The van der Waals surface area contributed by atoms with Gasteiger partial charge in [0.05, 0.1) is 0 Å². The van der Waals surface area contributed by atoms with Gasteiger partial charge < -0.3 is 13.6 Å². The zero-order chi connectivity index (χ0) is 47.1. The fraction of sp³-hybridized carbons (Fsp3) is 0.586. The van der Waals surface area contributed by atoms with Gasteiger partial charge in [0, 0.05) is 29.5 Å². The van der Waals surface area contributed by atoms with Crippen molar-refractivity contribution in [3.8, 4) is 17.2 Å². The van der Waals surface area contributed by atoms with E-state index < -0.39 is 8.60 Å². The van der Waals surface area contributed by atoms with E-state index in [2.05, 4.69) is 221 Å². The first-order valence-corrected chi connectivity index (χ1v) is 24.4. The van der Waals surface area contributed by atoms with Gasteiger partial charge in [-0.1, -0.05) is 221 Å². The van der Waals surface area contributed by atoms with E-state index in [0.29, 0.717) is 6.42 Å². The summed E-state index contributed by atoms with van der Waals surface area (Å²) in [7, 11) is -2.01. The first kappa shape index (κ1) is 49.7. The van der Waals surface area contributed by atoms with Gasteiger partial charge in [0.15, 0.2) is 0 Å². The van der Waals surface area contributed by atoms with Crippen LogP contribution in [0.4, 0.5) is 0 Å². The van der Waals surface area contributed by atoms with Crippen LogP contribution in [0.5, 0.6) is 17.2 Å². The topological polar surface area (TPSA) is 27.7 Å². The molecule has 0 N–H and O–H groups in total. The van der Waals surface area contributed by atoms with Crippen LogP contribution in [0, 0.1) is 0 Å². The molecular weight excluding hydrogens is 776 g/mol. The van der Waals surface area contributed by atoms with Crippen LogP contribution in [0.15, 0.2) is 54.6 Å². The third-order valence-corrected chi connectivity index (χ3v) is 13.5. The van der Waals surface area contributed by atoms with E-state index in [9.17, 15) is 0 Å². The van der Waals surface area contributed by atoms with Crippen LogP contribution in [0.25, 0.3) is 0 Å². The Hall–Kier alpha value is -3.29. The van der Waals surface area contributed by atoms with Crippen LogP contribution < -0.4 is 13.6 Å². The molecule has 4 aromatic carbocycles. The Bertz CT molecular complexity index is 2170. The second kappa shape index (κ2) is 16.3. The third kappa shape index (κ3) is 11.3. The van der Waals surface area contributed by atoms with Gasteiger partial charge in [0.2, 0.25) is 0 Å². The standard InChI is InChI=1S/C58H85O3P/c1-51(2,3)40-26-36(27-41(32-40)52(4,5)6)25-37-29-42(53(7,8)9)33-45(56(16,17)18)48(37)59-62-60-49-38(30-43(54(10,11)12)34-46(49)57(19,20)21)28-39-31-44(55(13,14)15)35-47(50(39)61-62)58(22,23)24/h26-27,29-35H,25,28H2,1-24H3. The molecule has 340 valence electrons. The average molecular weight is 861 g/mol. The Morgan fingerprint density at radius 1 is 0.387 bits per heavy atom. The van der Waals surface area contributed by atoms with Gasteiger partial charge in [-0.05, 0) is 93.4 Å². The van der Waals surface area contributed by atoms with Gasteiger partial charge in [-0.3, -0.25) is 0 Å². The molecule has 0 spiro atoms. The first-order valence-electron chi connectivity index (χ1n) is 23.3. The molecule has 1 heterocycles. The molecule has 0 bridgehead atoms. The number of hydrogen-bond donors (Lipinski definition) is 0. The highest BCUT2D eigenvalue weighted by Crippen LogP contribution is 2.55. The Kier molecular flexibility index (Phi) is 13.1. The maximum atomic E-state index is 7.58. The lowest BCUT2D eigenvalue weighted by Crippen LogP contribution is -2.23. The van der Waals surface area contributed by atoms with Crippen molar-refractivity contribution in [3.63, 3.8) is 0 Å². The lowest BCUT2D eigenvalue weighted by molar-refractivity contribution is 0.363. The van der Waals surface area contributed by atoms with Crippen molar-refractivity contribution in [2.24, 2.45) is 0 Å².